The largest absolute Gasteiger partial charge is 0.387 e. The number of rotatable bonds is 11. The Bertz CT molecular complexity index is 1380. The third kappa shape index (κ3) is 8.91. The summed E-state index contributed by atoms with van der Waals surface area (Å²) in [4.78, 5) is 76.2. The van der Waals surface area contributed by atoms with Gasteiger partial charge in [0.1, 0.15) is 12.1 Å². The number of hydrogen-bond acceptors (Lipinski definition) is 7. The second-order valence-corrected chi connectivity index (χ2v) is 15.1. The Kier molecular flexibility index (Phi) is 11.7. The van der Waals surface area contributed by atoms with Crippen LogP contribution in [0.1, 0.15) is 97.5 Å². The molecule has 1 aliphatic carbocycles. The van der Waals surface area contributed by atoms with Crippen LogP contribution in [0.2, 0.25) is 5.02 Å². The summed E-state index contributed by atoms with van der Waals surface area (Å²) in [5.41, 5.74) is -0.259. The van der Waals surface area contributed by atoms with Gasteiger partial charge in [-0.15, -0.1) is 0 Å². The van der Waals surface area contributed by atoms with Gasteiger partial charge in [0, 0.05) is 43.9 Å². The van der Waals surface area contributed by atoms with Crippen LogP contribution in [0.25, 0.3) is 0 Å². The Morgan fingerprint density at radius 3 is 2.43 bits per heavy atom. The molecular formula is C35H50ClN5O6. The zero-order valence-corrected chi connectivity index (χ0v) is 29.3. The summed E-state index contributed by atoms with van der Waals surface area (Å²) in [7, 11) is 2.96. The first kappa shape index (κ1) is 36.4. The highest BCUT2D eigenvalue weighted by Gasteiger charge is 2.55. The van der Waals surface area contributed by atoms with E-state index in [1.165, 1.54) is 30.3 Å². The minimum absolute atomic E-state index is 0.0472. The molecule has 0 unspecified atom stereocenters. The van der Waals surface area contributed by atoms with Gasteiger partial charge < -0.3 is 25.3 Å². The molecule has 4 atom stereocenters. The number of halogens is 1. The van der Waals surface area contributed by atoms with Crippen molar-refractivity contribution in [2.24, 2.45) is 16.5 Å². The van der Waals surface area contributed by atoms with Gasteiger partial charge in [0.2, 0.25) is 23.5 Å². The van der Waals surface area contributed by atoms with Crippen LogP contribution in [-0.2, 0) is 28.8 Å². The Morgan fingerprint density at radius 2 is 1.81 bits per heavy atom. The standard InChI is InChI=1S/C35H50ClN5O6/c1-7-12-25(29(43)32(45)40(5)6)37-31(44)27-20-35(19-26(39-47-35)23-15-11-16-24(36)18-23)21-41(27)33(46)30(34(2,3)4)38-28(42)17-22-13-9-8-10-14-22/h11,15-16,18,22,25,27,30H,7-10,12-14,17,19-21H2,1-6H3,(H,37,44)(H,38,42)/t25-,27-,30+,35+/m0/s1. The number of benzene rings is 1. The van der Waals surface area contributed by atoms with E-state index in [0.717, 1.165) is 31.2 Å². The average Bonchev–Trinajstić information content (AvgIpc) is 3.62. The molecular weight excluding hydrogens is 622 g/mol. The van der Waals surface area contributed by atoms with E-state index < -0.39 is 52.6 Å². The number of oxime groups is 1. The molecule has 4 amide bonds. The number of amides is 4. The molecule has 3 aliphatic rings. The molecule has 0 aromatic heterocycles. The molecule has 2 N–H and O–H groups in total. The number of likely N-dealkylation sites (N-methyl/N-ethyl adjacent to an activating group) is 1. The minimum Gasteiger partial charge on any atom is -0.387 e. The van der Waals surface area contributed by atoms with E-state index in [0.29, 0.717) is 35.9 Å². The first-order valence-corrected chi connectivity index (χ1v) is 17.2. The third-order valence-corrected chi connectivity index (χ3v) is 9.66. The van der Waals surface area contributed by atoms with E-state index in [1.807, 2.05) is 39.8 Å². The molecule has 1 aromatic rings. The van der Waals surface area contributed by atoms with Gasteiger partial charge >= 0.3 is 0 Å². The van der Waals surface area contributed by atoms with Crippen LogP contribution in [0.3, 0.4) is 0 Å². The molecule has 11 nitrogen and oxygen atoms in total. The van der Waals surface area contributed by atoms with E-state index in [2.05, 4.69) is 15.8 Å². The van der Waals surface area contributed by atoms with Crippen molar-refractivity contribution in [2.45, 2.75) is 116 Å². The summed E-state index contributed by atoms with van der Waals surface area (Å²) in [6.07, 6.45) is 6.99. The van der Waals surface area contributed by atoms with Gasteiger partial charge in [-0.2, -0.15) is 0 Å². The second-order valence-electron chi connectivity index (χ2n) is 14.7. The fourth-order valence-electron chi connectivity index (χ4n) is 6.83. The Morgan fingerprint density at radius 1 is 1.11 bits per heavy atom. The highest BCUT2D eigenvalue weighted by molar-refractivity contribution is 6.38. The number of Topliss-reactive ketones (excluding diaryl/α,β-unsaturated/α-hetero) is 1. The number of carbonyl (C=O) groups is 5. The average molecular weight is 672 g/mol. The number of carbonyl (C=O) groups excluding carboxylic acids is 5. The van der Waals surface area contributed by atoms with Crippen LogP contribution in [0.15, 0.2) is 29.4 Å². The smallest absolute Gasteiger partial charge is 0.291 e. The van der Waals surface area contributed by atoms with E-state index in [9.17, 15) is 24.0 Å². The van der Waals surface area contributed by atoms with Crippen LogP contribution < -0.4 is 10.6 Å². The number of likely N-dealkylation sites (tertiary alicyclic amines) is 1. The van der Waals surface area contributed by atoms with Crippen LogP contribution in [0.4, 0.5) is 0 Å². The van der Waals surface area contributed by atoms with E-state index in [4.69, 9.17) is 16.4 Å². The minimum atomic E-state index is -1.05. The lowest BCUT2D eigenvalue weighted by molar-refractivity contribution is -0.146. The van der Waals surface area contributed by atoms with Crippen LogP contribution in [0.5, 0.6) is 0 Å². The number of nitrogens with one attached hydrogen (secondary N) is 2. The Labute approximate surface area is 283 Å². The maximum Gasteiger partial charge on any atom is 0.291 e. The molecule has 258 valence electrons. The van der Waals surface area contributed by atoms with Crippen molar-refractivity contribution in [3.8, 4) is 0 Å². The van der Waals surface area contributed by atoms with Crippen molar-refractivity contribution >= 4 is 46.7 Å². The zero-order valence-electron chi connectivity index (χ0n) is 28.6. The maximum atomic E-state index is 14.5. The normalized spacial score (nSPS) is 22.7. The van der Waals surface area contributed by atoms with Gasteiger partial charge in [-0.05, 0) is 42.7 Å². The van der Waals surface area contributed by atoms with Gasteiger partial charge in [0.25, 0.3) is 5.91 Å². The number of hydrogen-bond donors (Lipinski definition) is 2. The predicted molar refractivity (Wildman–Crippen MR) is 180 cm³/mol. The molecule has 1 saturated heterocycles. The molecule has 2 aliphatic heterocycles. The van der Waals surface area contributed by atoms with Crippen molar-refractivity contribution < 1.29 is 28.8 Å². The summed E-state index contributed by atoms with van der Waals surface area (Å²) in [5, 5.41) is 10.7. The van der Waals surface area contributed by atoms with Crippen molar-refractivity contribution in [3.05, 3.63) is 34.9 Å². The first-order chi connectivity index (χ1) is 22.1. The van der Waals surface area contributed by atoms with Gasteiger partial charge in [0.05, 0.1) is 18.3 Å². The molecule has 47 heavy (non-hydrogen) atoms. The van der Waals surface area contributed by atoms with Gasteiger partial charge in [-0.3, -0.25) is 24.0 Å². The lowest BCUT2D eigenvalue weighted by Gasteiger charge is -2.36. The van der Waals surface area contributed by atoms with Gasteiger partial charge in [-0.25, -0.2) is 0 Å². The van der Waals surface area contributed by atoms with E-state index >= 15 is 0 Å². The molecule has 1 aromatic carbocycles. The maximum absolute atomic E-state index is 14.5. The molecule has 2 heterocycles. The molecule has 1 saturated carbocycles. The van der Waals surface area contributed by atoms with Crippen LogP contribution in [-0.4, -0.2) is 89.3 Å². The quantitative estimate of drug-likeness (QED) is 0.338. The molecule has 12 heteroatoms. The molecule has 1 spiro atoms. The molecule has 4 rings (SSSR count). The topological polar surface area (TPSA) is 137 Å². The second kappa shape index (κ2) is 15.2. The fourth-order valence-corrected chi connectivity index (χ4v) is 7.03. The molecule has 0 radical (unpaired) electrons. The monoisotopic (exact) mass is 671 g/mol. The SMILES string of the molecule is CCC[C@H](NC(=O)[C@@H]1C[C@]2(CC(c3cccc(Cl)c3)=NO2)CN1C(=O)[C@@H](NC(=O)CC1CCCCC1)C(C)(C)C)C(=O)C(=O)N(C)C. The van der Waals surface area contributed by atoms with E-state index in [1.54, 1.807) is 12.1 Å². The molecule has 2 fully saturated rings. The summed E-state index contributed by atoms with van der Waals surface area (Å²) >= 11 is 6.24. The number of nitrogens with zero attached hydrogens (tertiary/aromatic N) is 3. The predicted octanol–water partition coefficient (Wildman–Crippen LogP) is 4.25. The fraction of sp³-hybridized carbons (Fsp3) is 0.657. The lowest BCUT2D eigenvalue weighted by atomic mass is 9.84. The summed E-state index contributed by atoms with van der Waals surface area (Å²) in [6, 6.07) is 4.24. The highest BCUT2D eigenvalue weighted by Crippen LogP contribution is 2.40. The van der Waals surface area contributed by atoms with Crippen LogP contribution in [0, 0.1) is 11.3 Å². The summed E-state index contributed by atoms with van der Waals surface area (Å²) < 4.78 is 0. The van der Waals surface area contributed by atoms with Crippen molar-refractivity contribution in [3.63, 3.8) is 0 Å². The van der Waals surface area contributed by atoms with Gasteiger partial charge in [0.15, 0.2) is 5.60 Å². The third-order valence-electron chi connectivity index (χ3n) is 9.43. The van der Waals surface area contributed by atoms with E-state index in [-0.39, 0.29) is 25.3 Å². The van der Waals surface area contributed by atoms with Crippen molar-refractivity contribution in [2.75, 3.05) is 20.6 Å². The van der Waals surface area contributed by atoms with Crippen molar-refractivity contribution in [1.29, 1.82) is 0 Å². The lowest BCUT2D eigenvalue weighted by Crippen LogP contribution is -2.59. The Hall–Kier alpha value is -3.47. The highest BCUT2D eigenvalue weighted by atomic mass is 35.5. The zero-order chi connectivity index (χ0) is 34.5. The Balaban J connectivity index is 1.61. The first-order valence-electron chi connectivity index (χ1n) is 16.8. The summed E-state index contributed by atoms with van der Waals surface area (Å²) in [5.74, 6) is -2.29. The number of ketones is 1. The molecule has 0 bridgehead atoms. The van der Waals surface area contributed by atoms with Crippen LogP contribution >= 0.6 is 11.6 Å². The summed E-state index contributed by atoms with van der Waals surface area (Å²) in [6.45, 7) is 7.55. The van der Waals surface area contributed by atoms with Gasteiger partial charge in [-0.1, -0.05) is 82.3 Å². The van der Waals surface area contributed by atoms with Crippen molar-refractivity contribution in [1.82, 2.24) is 20.4 Å².